The maximum absolute atomic E-state index is 13.0. The third-order valence-corrected chi connectivity index (χ3v) is 5.90. The molecular formula is C22H26F3N5O. The van der Waals surface area contributed by atoms with Crippen LogP contribution in [-0.2, 0) is 6.18 Å². The molecule has 0 aliphatic carbocycles. The smallest absolute Gasteiger partial charge is 0.368 e. The Morgan fingerprint density at radius 2 is 1.68 bits per heavy atom. The van der Waals surface area contributed by atoms with E-state index in [0.717, 1.165) is 37.8 Å². The summed E-state index contributed by atoms with van der Waals surface area (Å²) in [5.74, 6) is 0.956. The molecule has 4 rings (SSSR count). The Bertz CT molecular complexity index is 876. The normalized spacial score (nSPS) is 18.2. The van der Waals surface area contributed by atoms with E-state index in [9.17, 15) is 18.0 Å². The van der Waals surface area contributed by atoms with Gasteiger partial charge in [-0.25, -0.2) is 9.78 Å². The van der Waals surface area contributed by atoms with Gasteiger partial charge in [0.25, 0.3) is 0 Å². The molecule has 1 N–H and O–H groups in total. The summed E-state index contributed by atoms with van der Waals surface area (Å²) in [6.07, 6.45) is -0.870. The van der Waals surface area contributed by atoms with E-state index in [-0.39, 0.29) is 12.1 Å². The number of anilines is 2. The number of hydrogen-bond donors (Lipinski definition) is 1. The average Bonchev–Trinajstić information content (AvgIpc) is 2.80. The topological polar surface area (TPSA) is 51.7 Å². The van der Waals surface area contributed by atoms with Gasteiger partial charge in [-0.2, -0.15) is 13.2 Å². The summed E-state index contributed by atoms with van der Waals surface area (Å²) in [5.41, 5.74) is -0.112. The van der Waals surface area contributed by atoms with Crippen LogP contribution in [0.2, 0.25) is 0 Å². The maximum Gasteiger partial charge on any atom is 0.416 e. The Kier molecular flexibility index (Phi) is 6.20. The highest BCUT2D eigenvalue weighted by Gasteiger charge is 2.31. The molecule has 2 amide bonds. The maximum atomic E-state index is 13.0. The van der Waals surface area contributed by atoms with Gasteiger partial charge in [0.1, 0.15) is 5.82 Å². The van der Waals surface area contributed by atoms with Gasteiger partial charge in [0.2, 0.25) is 0 Å². The summed E-state index contributed by atoms with van der Waals surface area (Å²) >= 11 is 0. The van der Waals surface area contributed by atoms with Crippen LogP contribution in [0.1, 0.15) is 18.4 Å². The number of piperazine rings is 1. The molecule has 2 aliphatic heterocycles. The second kappa shape index (κ2) is 9.03. The van der Waals surface area contributed by atoms with E-state index in [1.807, 2.05) is 23.1 Å². The van der Waals surface area contributed by atoms with Crippen LogP contribution >= 0.6 is 0 Å². The molecule has 0 bridgehead atoms. The lowest BCUT2D eigenvalue weighted by molar-refractivity contribution is -0.137. The van der Waals surface area contributed by atoms with Crippen LogP contribution in [-0.4, -0.2) is 61.2 Å². The van der Waals surface area contributed by atoms with Crippen LogP contribution in [0.25, 0.3) is 0 Å². The molecule has 9 heteroatoms. The number of nitrogens with one attached hydrogen (secondary N) is 1. The first-order valence-electron chi connectivity index (χ1n) is 10.5. The molecular weight excluding hydrogens is 407 g/mol. The number of aromatic nitrogens is 1. The number of carbonyl (C=O) groups excluding carboxylic acids is 1. The first kappa shape index (κ1) is 21.3. The number of urea groups is 1. The van der Waals surface area contributed by atoms with Crippen molar-refractivity contribution in [1.82, 2.24) is 15.2 Å². The Labute approximate surface area is 179 Å². The van der Waals surface area contributed by atoms with Gasteiger partial charge in [0, 0.05) is 57.2 Å². The lowest BCUT2D eigenvalue weighted by atomic mass is 10.1. The molecule has 1 aromatic carbocycles. The molecule has 2 aliphatic rings. The van der Waals surface area contributed by atoms with Crippen molar-refractivity contribution in [3.8, 4) is 0 Å². The minimum absolute atomic E-state index is 0.0972. The molecule has 31 heavy (non-hydrogen) atoms. The second-order valence-electron chi connectivity index (χ2n) is 7.92. The van der Waals surface area contributed by atoms with Crippen molar-refractivity contribution in [3.05, 3.63) is 54.2 Å². The number of hydrogen-bond acceptors (Lipinski definition) is 4. The van der Waals surface area contributed by atoms with Crippen molar-refractivity contribution < 1.29 is 18.0 Å². The van der Waals surface area contributed by atoms with Gasteiger partial charge in [-0.05, 0) is 43.2 Å². The van der Waals surface area contributed by atoms with Crippen LogP contribution in [0.5, 0.6) is 0 Å². The summed E-state index contributed by atoms with van der Waals surface area (Å²) in [6.45, 7) is 3.65. The Morgan fingerprint density at radius 1 is 0.935 bits per heavy atom. The van der Waals surface area contributed by atoms with Gasteiger partial charge in [0.15, 0.2) is 0 Å². The highest BCUT2D eigenvalue weighted by Crippen LogP contribution is 2.31. The number of pyridine rings is 1. The van der Waals surface area contributed by atoms with E-state index in [1.54, 1.807) is 17.2 Å². The van der Waals surface area contributed by atoms with E-state index in [4.69, 9.17) is 0 Å². The zero-order valence-electron chi connectivity index (χ0n) is 17.2. The van der Waals surface area contributed by atoms with E-state index >= 15 is 0 Å². The number of alkyl halides is 3. The molecule has 6 nitrogen and oxygen atoms in total. The molecule has 0 spiro atoms. The fourth-order valence-electron chi connectivity index (χ4n) is 4.11. The van der Waals surface area contributed by atoms with Gasteiger partial charge < -0.3 is 20.0 Å². The van der Waals surface area contributed by atoms with Crippen LogP contribution in [0, 0.1) is 0 Å². The van der Waals surface area contributed by atoms with Crippen molar-refractivity contribution in [1.29, 1.82) is 0 Å². The highest BCUT2D eigenvalue weighted by molar-refractivity contribution is 5.75. The van der Waals surface area contributed by atoms with Crippen molar-refractivity contribution in [3.63, 3.8) is 0 Å². The highest BCUT2D eigenvalue weighted by atomic mass is 19.4. The molecule has 0 atom stereocenters. The summed E-state index contributed by atoms with van der Waals surface area (Å²) in [6, 6.07) is 11.2. The number of benzene rings is 1. The average molecular weight is 433 g/mol. The van der Waals surface area contributed by atoms with Gasteiger partial charge in [-0.3, -0.25) is 0 Å². The van der Waals surface area contributed by atoms with Crippen molar-refractivity contribution in [2.24, 2.45) is 0 Å². The fourth-order valence-corrected chi connectivity index (χ4v) is 4.11. The summed E-state index contributed by atoms with van der Waals surface area (Å²) in [4.78, 5) is 22.9. The predicted molar refractivity (Wildman–Crippen MR) is 113 cm³/mol. The molecule has 2 saturated heterocycles. The third kappa shape index (κ3) is 5.21. The van der Waals surface area contributed by atoms with E-state index in [2.05, 4.69) is 15.2 Å². The van der Waals surface area contributed by atoms with Crippen LogP contribution in [0.15, 0.2) is 48.7 Å². The number of nitrogens with zero attached hydrogens (tertiary/aromatic N) is 4. The van der Waals surface area contributed by atoms with Crippen molar-refractivity contribution in [2.45, 2.75) is 25.1 Å². The third-order valence-electron chi connectivity index (χ3n) is 5.90. The standard InChI is InChI=1S/C22H26F3N5O/c23-22(24,25)17-4-3-5-19(16-17)28-12-14-30(15-13-28)21(31)27-18-7-10-29(11-8-18)20-6-1-2-9-26-20/h1-6,9,16,18H,7-8,10-15H2,(H,27,31). The lowest BCUT2D eigenvalue weighted by Crippen LogP contribution is -2.55. The monoisotopic (exact) mass is 433 g/mol. The minimum atomic E-state index is -4.36. The predicted octanol–water partition coefficient (Wildman–Crippen LogP) is 3.60. The molecule has 2 fully saturated rings. The zero-order valence-corrected chi connectivity index (χ0v) is 17.2. The number of carbonyl (C=O) groups is 1. The van der Waals surface area contributed by atoms with Crippen LogP contribution in [0.4, 0.5) is 29.5 Å². The molecule has 0 radical (unpaired) electrons. The number of rotatable bonds is 3. The van der Waals surface area contributed by atoms with Gasteiger partial charge >= 0.3 is 12.2 Å². The minimum Gasteiger partial charge on any atom is -0.368 e. The Morgan fingerprint density at radius 3 is 2.32 bits per heavy atom. The van der Waals surface area contributed by atoms with E-state index in [1.165, 1.54) is 12.1 Å². The van der Waals surface area contributed by atoms with Crippen LogP contribution in [0.3, 0.4) is 0 Å². The Hall–Kier alpha value is -2.97. The van der Waals surface area contributed by atoms with E-state index in [0.29, 0.717) is 31.9 Å². The van der Waals surface area contributed by atoms with Crippen molar-refractivity contribution in [2.75, 3.05) is 49.1 Å². The molecule has 3 heterocycles. The lowest BCUT2D eigenvalue weighted by Gasteiger charge is -2.38. The number of piperidine rings is 1. The second-order valence-corrected chi connectivity index (χ2v) is 7.92. The molecule has 0 unspecified atom stereocenters. The molecule has 0 saturated carbocycles. The van der Waals surface area contributed by atoms with Gasteiger partial charge in [0.05, 0.1) is 5.56 Å². The molecule has 2 aromatic rings. The fraction of sp³-hybridized carbons (Fsp3) is 0.455. The first-order chi connectivity index (χ1) is 14.9. The largest absolute Gasteiger partial charge is 0.416 e. The number of halogens is 3. The molecule has 166 valence electrons. The van der Waals surface area contributed by atoms with Crippen LogP contribution < -0.4 is 15.1 Å². The number of amides is 2. The summed E-state index contributed by atoms with van der Waals surface area (Å²) < 4.78 is 38.9. The summed E-state index contributed by atoms with van der Waals surface area (Å²) in [5, 5.41) is 3.12. The van der Waals surface area contributed by atoms with Gasteiger partial charge in [-0.1, -0.05) is 12.1 Å². The SMILES string of the molecule is O=C(NC1CCN(c2ccccn2)CC1)N1CCN(c2cccc(C(F)(F)F)c2)CC1. The van der Waals surface area contributed by atoms with Gasteiger partial charge in [-0.15, -0.1) is 0 Å². The summed E-state index contributed by atoms with van der Waals surface area (Å²) in [7, 11) is 0. The Balaban J connectivity index is 1.25. The zero-order chi connectivity index (χ0) is 21.8. The first-order valence-corrected chi connectivity index (χ1v) is 10.5. The molecule has 1 aromatic heterocycles. The van der Waals surface area contributed by atoms with E-state index < -0.39 is 11.7 Å². The van der Waals surface area contributed by atoms with Crippen molar-refractivity contribution >= 4 is 17.5 Å². The quantitative estimate of drug-likeness (QED) is 0.804.